The van der Waals surface area contributed by atoms with E-state index in [2.05, 4.69) is 53.6 Å². The van der Waals surface area contributed by atoms with E-state index in [0.717, 1.165) is 32.5 Å². The molecule has 0 spiro atoms. The molecule has 1 aromatic rings. The van der Waals surface area contributed by atoms with Crippen molar-refractivity contribution >= 4 is 36.4 Å². The van der Waals surface area contributed by atoms with E-state index >= 15 is 0 Å². The summed E-state index contributed by atoms with van der Waals surface area (Å²) in [7, 11) is 0. The van der Waals surface area contributed by atoms with Crippen molar-refractivity contribution in [3.05, 3.63) is 29.8 Å². The maximum atomic E-state index is 12.1. The Hall–Kier alpha value is -0.970. The highest BCUT2D eigenvalue weighted by molar-refractivity contribution is 5.85. The summed E-state index contributed by atoms with van der Waals surface area (Å²) in [4.78, 5) is 14.4. The minimum absolute atomic E-state index is 0. The third-order valence-corrected chi connectivity index (χ3v) is 4.15. The van der Waals surface area contributed by atoms with Crippen LogP contribution in [0, 0.1) is 6.92 Å². The van der Waals surface area contributed by atoms with Crippen LogP contribution in [0.1, 0.15) is 31.7 Å². The fraction of sp³-hybridized carbons (Fsp3) is 0.588. The number of benzene rings is 1. The summed E-state index contributed by atoms with van der Waals surface area (Å²) in [5, 5.41) is 6.35. The summed E-state index contributed by atoms with van der Waals surface area (Å²) in [6.45, 7) is 7.73. The van der Waals surface area contributed by atoms with Crippen molar-refractivity contribution in [3.63, 3.8) is 0 Å². The van der Waals surface area contributed by atoms with Gasteiger partial charge >= 0.3 is 0 Å². The molecule has 2 N–H and O–H groups in total. The van der Waals surface area contributed by atoms with E-state index in [9.17, 15) is 4.79 Å². The van der Waals surface area contributed by atoms with Crippen LogP contribution < -0.4 is 15.5 Å². The van der Waals surface area contributed by atoms with Crippen LogP contribution in [-0.4, -0.2) is 38.1 Å². The van der Waals surface area contributed by atoms with E-state index < -0.39 is 0 Å². The van der Waals surface area contributed by atoms with Gasteiger partial charge < -0.3 is 15.5 Å². The monoisotopic (exact) mass is 361 g/mol. The van der Waals surface area contributed by atoms with Crippen LogP contribution in [0.4, 0.5) is 5.69 Å². The molecule has 1 fully saturated rings. The lowest BCUT2D eigenvalue weighted by atomic mass is 10.0. The predicted molar refractivity (Wildman–Crippen MR) is 102 cm³/mol. The molecule has 1 unspecified atom stereocenters. The van der Waals surface area contributed by atoms with Gasteiger partial charge in [0.2, 0.25) is 5.91 Å². The smallest absolute Gasteiger partial charge is 0.237 e. The minimum atomic E-state index is 0. The third-order valence-electron chi connectivity index (χ3n) is 4.15. The van der Waals surface area contributed by atoms with E-state index in [0.29, 0.717) is 6.54 Å². The first-order valence-electron chi connectivity index (χ1n) is 8.04. The van der Waals surface area contributed by atoms with Gasteiger partial charge in [0, 0.05) is 25.3 Å². The minimum Gasteiger partial charge on any atom is -0.370 e. The molecule has 2 rings (SSSR count). The molecule has 6 heteroatoms. The van der Waals surface area contributed by atoms with Crippen LogP contribution in [0.2, 0.25) is 0 Å². The molecule has 1 amide bonds. The molecular formula is C17H29Cl2N3O. The van der Waals surface area contributed by atoms with Gasteiger partial charge in [-0.25, -0.2) is 0 Å². The summed E-state index contributed by atoms with van der Waals surface area (Å²) in [5.41, 5.74) is 2.53. The summed E-state index contributed by atoms with van der Waals surface area (Å²) >= 11 is 0. The first-order chi connectivity index (χ1) is 10.2. The fourth-order valence-electron chi connectivity index (χ4n) is 2.88. The second kappa shape index (κ2) is 11.5. The van der Waals surface area contributed by atoms with Gasteiger partial charge in [-0.2, -0.15) is 0 Å². The second-order valence-electron chi connectivity index (χ2n) is 5.66. The quantitative estimate of drug-likeness (QED) is 0.818. The maximum absolute atomic E-state index is 12.1. The number of nitrogens with zero attached hydrogens (tertiary/aromatic N) is 1. The van der Waals surface area contributed by atoms with Crippen LogP contribution >= 0.6 is 24.8 Å². The fourth-order valence-corrected chi connectivity index (χ4v) is 2.88. The molecule has 0 aromatic heterocycles. The van der Waals surface area contributed by atoms with Crippen LogP contribution in [0.5, 0.6) is 0 Å². The van der Waals surface area contributed by atoms with Crippen molar-refractivity contribution in [2.75, 3.05) is 31.1 Å². The third kappa shape index (κ3) is 6.58. The number of carbonyl (C=O) groups excluding carboxylic acids is 1. The Morgan fingerprint density at radius 3 is 2.65 bits per heavy atom. The first kappa shape index (κ1) is 22.0. The van der Waals surface area contributed by atoms with Gasteiger partial charge in [-0.15, -0.1) is 24.8 Å². The molecule has 0 radical (unpaired) electrons. The summed E-state index contributed by atoms with van der Waals surface area (Å²) in [6, 6.07) is 8.40. The average molecular weight is 362 g/mol. The van der Waals surface area contributed by atoms with E-state index in [1.165, 1.54) is 17.7 Å². The molecule has 0 saturated carbocycles. The number of halogens is 2. The zero-order valence-corrected chi connectivity index (χ0v) is 15.6. The zero-order chi connectivity index (χ0) is 15.1. The number of para-hydroxylation sites is 1. The average Bonchev–Trinajstić information content (AvgIpc) is 2.53. The molecule has 1 saturated heterocycles. The number of aryl methyl sites for hydroxylation is 1. The number of rotatable bonds is 6. The largest absolute Gasteiger partial charge is 0.370 e. The first-order valence-corrected chi connectivity index (χ1v) is 8.04. The lowest BCUT2D eigenvalue weighted by Gasteiger charge is -2.26. The number of hydrogen-bond acceptors (Lipinski definition) is 3. The number of piperidine rings is 1. The molecule has 1 aromatic carbocycles. The predicted octanol–water partition coefficient (Wildman–Crippen LogP) is 2.92. The molecule has 0 aliphatic carbocycles. The van der Waals surface area contributed by atoms with Crippen molar-refractivity contribution in [1.82, 2.24) is 10.6 Å². The van der Waals surface area contributed by atoms with Crippen LogP contribution in [0.25, 0.3) is 0 Å². The summed E-state index contributed by atoms with van der Waals surface area (Å²) in [6.07, 6.45) is 3.29. The van der Waals surface area contributed by atoms with Crippen molar-refractivity contribution in [1.29, 1.82) is 0 Å². The van der Waals surface area contributed by atoms with Gasteiger partial charge in [-0.3, -0.25) is 4.79 Å². The highest BCUT2D eigenvalue weighted by Crippen LogP contribution is 2.18. The highest BCUT2D eigenvalue weighted by atomic mass is 35.5. The summed E-state index contributed by atoms with van der Waals surface area (Å²) < 4.78 is 0. The SMILES string of the molecule is CCN(CCNC(=O)C1CCCCN1)c1ccccc1C.Cl.Cl. The maximum Gasteiger partial charge on any atom is 0.237 e. The Labute approximate surface area is 152 Å². The van der Waals surface area contributed by atoms with Crippen LogP contribution in [-0.2, 0) is 4.79 Å². The van der Waals surface area contributed by atoms with E-state index in [1.807, 2.05) is 0 Å². The molecule has 4 nitrogen and oxygen atoms in total. The molecule has 1 atom stereocenters. The van der Waals surface area contributed by atoms with Gasteiger partial charge in [-0.1, -0.05) is 24.6 Å². The van der Waals surface area contributed by atoms with Crippen LogP contribution in [0.15, 0.2) is 24.3 Å². The number of carbonyl (C=O) groups is 1. The van der Waals surface area contributed by atoms with Crippen LogP contribution in [0.3, 0.4) is 0 Å². The van der Waals surface area contributed by atoms with Gasteiger partial charge in [0.05, 0.1) is 6.04 Å². The van der Waals surface area contributed by atoms with Crippen molar-refractivity contribution in [2.24, 2.45) is 0 Å². The normalized spacial score (nSPS) is 16.7. The Kier molecular flexibility index (Phi) is 11.1. The van der Waals surface area contributed by atoms with Crippen molar-refractivity contribution in [2.45, 2.75) is 39.2 Å². The van der Waals surface area contributed by atoms with Gasteiger partial charge in [-0.05, 0) is 44.9 Å². The second-order valence-corrected chi connectivity index (χ2v) is 5.66. The van der Waals surface area contributed by atoms with Crippen molar-refractivity contribution < 1.29 is 4.79 Å². The lowest BCUT2D eigenvalue weighted by molar-refractivity contribution is -0.123. The molecule has 0 bridgehead atoms. The zero-order valence-electron chi connectivity index (χ0n) is 14.0. The van der Waals surface area contributed by atoms with Gasteiger partial charge in [0.1, 0.15) is 0 Å². The Morgan fingerprint density at radius 2 is 2.04 bits per heavy atom. The van der Waals surface area contributed by atoms with Gasteiger partial charge in [0.25, 0.3) is 0 Å². The summed E-state index contributed by atoms with van der Waals surface area (Å²) in [5.74, 6) is 0.149. The Bertz CT molecular complexity index is 465. The van der Waals surface area contributed by atoms with E-state index in [4.69, 9.17) is 0 Å². The van der Waals surface area contributed by atoms with Crippen molar-refractivity contribution in [3.8, 4) is 0 Å². The molecule has 23 heavy (non-hydrogen) atoms. The number of amides is 1. The number of hydrogen-bond donors (Lipinski definition) is 2. The van der Waals surface area contributed by atoms with E-state index in [1.54, 1.807) is 0 Å². The number of nitrogens with one attached hydrogen (secondary N) is 2. The molecule has 1 aliphatic rings. The molecule has 132 valence electrons. The van der Waals surface area contributed by atoms with Gasteiger partial charge in [0.15, 0.2) is 0 Å². The molecular weight excluding hydrogens is 333 g/mol. The number of anilines is 1. The standard InChI is InChI=1S/C17H27N3O.2ClH/c1-3-20(16-10-5-4-8-14(16)2)13-12-19-17(21)15-9-6-7-11-18-15;;/h4-5,8,10,15,18H,3,6-7,9,11-13H2,1-2H3,(H,19,21);2*1H. The Balaban J connectivity index is 0.00000242. The highest BCUT2D eigenvalue weighted by Gasteiger charge is 2.19. The lowest BCUT2D eigenvalue weighted by Crippen LogP contribution is -2.48. The topological polar surface area (TPSA) is 44.4 Å². The molecule has 1 aliphatic heterocycles. The van der Waals surface area contributed by atoms with E-state index in [-0.39, 0.29) is 36.8 Å². The number of likely N-dealkylation sites (N-methyl/N-ethyl adjacent to an activating group) is 1. The Morgan fingerprint density at radius 1 is 1.30 bits per heavy atom. The molecule has 1 heterocycles.